The predicted molar refractivity (Wildman–Crippen MR) is 62.8 cm³/mol. The van der Waals surface area contributed by atoms with Crippen LogP contribution < -0.4 is 0 Å². The van der Waals surface area contributed by atoms with Crippen LogP contribution in [0.1, 0.15) is 23.6 Å². The topological polar surface area (TPSA) is 42.4 Å². The molecule has 0 radical (unpaired) electrons. The number of carbonyl (C=O) groups excluding carboxylic acids is 1. The number of carbonyl (C=O) groups is 1. The Hall–Kier alpha value is -0.940. The van der Waals surface area contributed by atoms with Crippen molar-refractivity contribution < 1.29 is 9.63 Å². The minimum atomic E-state index is -0.159. The molecule has 86 valence electrons. The molecule has 0 aromatic carbocycles. The summed E-state index contributed by atoms with van der Waals surface area (Å²) < 4.78 is 0.958. The van der Waals surface area contributed by atoms with Gasteiger partial charge in [-0.2, -0.15) is 0 Å². The van der Waals surface area contributed by atoms with Gasteiger partial charge >= 0.3 is 0 Å². The summed E-state index contributed by atoms with van der Waals surface area (Å²) >= 11 is 3.38. The molecule has 0 saturated carbocycles. The fourth-order valence-electron chi connectivity index (χ4n) is 1.99. The van der Waals surface area contributed by atoms with Crippen LogP contribution in [0.4, 0.5) is 0 Å². The largest absolute Gasteiger partial charge is 0.275 e. The molecule has 1 unspecified atom stereocenters. The smallest absolute Gasteiger partial charge is 0.254 e. The van der Waals surface area contributed by atoms with Gasteiger partial charge < -0.3 is 0 Å². The Morgan fingerprint density at radius 2 is 2.44 bits per heavy atom. The van der Waals surface area contributed by atoms with Crippen LogP contribution in [0.25, 0.3) is 0 Å². The summed E-state index contributed by atoms with van der Waals surface area (Å²) in [5.74, 6) is -0.191. The van der Waals surface area contributed by atoms with E-state index in [0.29, 0.717) is 0 Å². The van der Waals surface area contributed by atoms with Gasteiger partial charge in [0.1, 0.15) is 0 Å². The van der Waals surface area contributed by atoms with Crippen LogP contribution in [0.5, 0.6) is 0 Å². The van der Waals surface area contributed by atoms with Crippen LogP contribution in [-0.4, -0.2) is 30.1 Å². The highest BCUT2D eigenvalue weighted by Gasteiger charge is 2.32. The summed E-state index contributed by atoms with van der Waals surface area (Å²) in [6.07, 6.45) is 3.44. The third-order valence-corrected chi connectivity index (χ3v) is 3.32. The van der Waals surface area contributed by atoms with Crippen molar-refractivity contribution in [2.45, 2.75) is 18.8 Å². The van der Waals surface area contributed by atoms with Crippen LogP contribution in [-0.2, 0) is 16.1 Å². The third-order valence-electron chi connectivity index (χ3n) is 2.88. The first-order chi connectivity index (χ1) is 7.63. The van der Waals surface area contributed by atoms with E-state index in [4.69, 9.17) is 4.84 Å². The summed E-state index contributed by atoms with van der Waals surface area (Å²) in [4.78, 5) is 21.2. The quantitative estimate of drug-likeness (QED) is 0.779. The van der Waals surface area contributed by atoms with Gasteiger partial charge in [-0.25, -0.2) is 5.06 Å². The summed E-state index contributed by atoms with van der Waals surface area (Å²) in [6, 6.07) is 2.03. The molecule has 1 aromatic rings. The summed E-state index contributed by atoms with van der Waals surface area (Å²) in [7, 11) is 3.11. The zero-order valence-electron chi connectivity index (χ0n) is 9.24. The maximum Gasteiger partial charge on any atom is 0.254 e. The zero-order valence-corrected chi connectivity index (χ0v) is 10.8. The fourth-order valence-corrected chi connectivity index (χ4v) is 2.37. The van der Waals surface area contributed by atoms with Gasteiger partial charge in [-0.3, -0.25) is 14.6 Å². The molecule has 0 bridgehead atoms. The van der Waals surface area contributed by atoms with Crippen molar-refractivity contribution in [1.29, 1.82) is 0 Å². The van der Waals surface area contributed by atoms with E-state index in [0.717, 1.165) is 28.6 Å². The van der Waals surface area contributed by atoms with E-state index in [9.17, 15) is 4.79 Å². The summed E-state index contributed by atoms with van der Waals surface area (Å²) in [5, 5.41) is 1.27. The van der Waals surface area contributed by atoms with Crippen molar-refractivity contribution in [2.24, 2.45) is 0 Å². The molecule has 1 aromatic heterocycles. The van der Waals surface area contributed by atoms with Crippen LogP contribution in [0.15, 0.2) is 16.7 Å². The molecule has 16 heavy (non-hydrogen) atoms. The van der Waals surface area contributed by atoms with Gasteiger partial charge in [-0.15, -0.1) is 0 Å². The highest BCUT2D eigenvalue weighted by Crippen LogP contribution is 2.33. The van der Waals surface area contributed by atoms with E-state index in [1.54, 1.807) is 13.2 Å². The molecule has 4 nitrogen and oxygen atoms in total. The van der Waals surface area contributed by atoms with E-state index >= 15 is 0 Å². The SMILES string of the molecule is CON(C)C(=O)C1CCc2cc(Br)cnc21. The molecule has 1 atom stereocenters. The van der Waals surface area contributed by atoms with Gasteiger partial charge in [-0.05, 0) is 40.4 Å². The Morgan fingerprint density at radius 3 is 3.12 bits per heavy atom. The Labute approximate surface area is 103 Å². The number of aryl methyl sites for hydroxylation is 1. The van der Waals surface area contributed by atoms with Crippen LogP contribution in [0, 0.1) is 0 Å². The van der Waals surface area contributed by atoms with Crippen molar-refractivity contribution >= 4 is 21.8 Å². The second-order valence-electron chi connectivity index (χ2n) is 3.81. The van der Waals surface area contributed by atoms with Crippen LogP contribution >= 0.6 is 15.9 Å². The van der Waals surface area contributed by atoms with Gasteiger partial charge in [0.15, 0.2) is 0 Å². The van der Waals surface area contributed by atoms with E-state index in [1.807, 2.05) is 6.07 Å². The monoisotopic (exact) mass is 284 g/mol. The summed E-state index contributed by atoms with van der Waals surface area (Å²) in [5.41, 5.74) is 2.04. The maximum atomic E-state index is 12.0. The lowest BCUT2D eigenvalue weighted by atomic mass is 10.1. The molecular formula is C11H13BrN2O2. The molecular weight excluding hydrogens is 272 g/mol. The van der Waals surface area contributed by atoms with Gasteiger partial charge in [0.05, 0.1) is 18.7 Å². The Bertz CT molecular complexity index is 422. The van der Waals surface area contributed by atoms with Crippen LogP contribution in [0.3, 0.4) is 0 Å². The van der Waals surface area contributed by atoms with E-state index in [-0.39, 0.29) is 11.8 Å². The number of hydrogen-bond donors (Lipinski definition) is 0. The Morgan fingerprint density at radius 1 is 1.69 bits per heavy atom. The second kappa shape index (κ2) is 4.51. The molecule has 1 aliphatic carbocycles. The van der Waals surface area contributed by atoms with Crippen molar-refractivity contribution in [1.82, 2.24) is 10.0 Å². The van der Waals surface area contributed by atoms with E-state index < -0.39 is 0 Å². The lowest BCUT2D eigenvalue weighted by Gasteiger charge is -2.18. The average Bonchev–Trinajstić information content (AvgIpc) is 2.69. The minimum absolute atomic E-state index is 0.0314. The number of nitrogens with zero attached hydrogens (tertiary/aromatic N) is 2. The molecule has 0 N–H and O–H groups in total. The number of aromatic nitrogens is 1. The number of hydrogen-bond acceptors (Lipinski definition) is 3. The Balaban J connectivity index is 2.27. The predicted octanol–water partition coefficient (Wildman–Crippen LogP) is 1.89. The molecule has 0 fully saturated rings. The maximum absolute atomic E-state index is 12.0. The molecule has 1 aliphatic rings. The molecule has 1 heterocycles. The number of fused-ring (bicyclic) bond motifs is 1. The number of rotatable bonds is 2. The highest BCUT2D eigenvalue weighted by molar-refractivity contribution is 9.10. The van der Waals surface area contributed by atoms with Gasteiger partial charge in [0.2, 0.25) is 0 Å². The first-order valence-corrected chi connectivity index (χ1v) is 5.88. The number of likely N-dealkylation sites (N-methyl/N-ethyl adjacent to an activating group) is 1. The van der Waals surface area contributed by atoms with Crippen molar-refractivity contribution in [3.8, 4) is 0 Å². The average molecular weight is 285 g/mol. The molecule has 0 aliphatic heterocycles. The highest BCUT2D eigenvalue weighted by atomic mass is 79.9. The fraction of sp³-hybridized carbons (Fsp3) is 0.455. The Kier molecular flexibility index (Phi) is 3.25. The van der Waals surface area contributed by atoms with Crippen molar-refractivity contribution in [3.05, 3.63) is 28.0 Å². The number of amides is 1. The van der Waals surface area contributed by atoms with Gasteiger partial charge in [-0.1, -0.05) is 0 Å². The van der Waals surface area contributed by atoms with Crippen molar-refractivity contribution in [3.63, 3.8) is 0 Å². The standard InChI is InChI=1S/C11H13BrN2O2/c1-14(16-2)11(15)9-4-3-7-5-8(12)6-13-10(7)9/h5-6,9H,3-4H2,1-2H3. The summed E-state index contributed by atoms with van der Waals surface area (Å²) in [6.45, 7) is 0. The lowest BCUT2D eigenvalue weighted by Crippen LogP contribution is -2.30. The first kappa shape index (κ1) is 11.5. The molecule has 1 amide bonds. The van der Waals surface area contributed by atoms with Crippen molar-refractivity contribution in [2.75, 3.05) is 14.2 Å². The zero-order chi connectivity index (χ0) is 11.7. The normalized spacial score (nSPS) is 18.3. The molecule has 5 heteroatoms. The number of pyridine rings is 1. The molecule has 2 rings (SSSR count). The van der Waals surface area contributed by atoms with Gasteiger partial charge in [0, 0.05) is 17.7 Å². The third kappa shape index (κ3) is 1.97. The molecule has 0 saturated heterocycles. The van der Waals surface area contributed by atoms with Crippen LogP contribution in [0.2, 0.25) is 0 Å². The van der Waals surface area contributed by atoms with E-state index in [2.05, 4.69) is 20.9 Å². The number of halogens is 1. The van der Waals surface area contributed by atoms with E-state index in [1.165, 1.54) is 12.2 Å². The lowest BCUT2D eigenvalue weighted by molar-refractivity contribution is -0.170. The van der Waals surface area contributed by atoms with Gasteiger partial charge in [0.25, 0.3) is 5.91 Å². The second-order valence-corrected chi connectivity index (χ2v) is 4.72. The first-order valence-electron chi connectivity index (χ1n) is 5.09. The molecule has 0 spiro atoms. The number of hydroxylamine groups is 2. The minimum Gasteiger partial charge on any atom is -0.275 e.